The Hall–Kier alpha value is -2.95. The summed E-state index contributed by atoms with van der Waals surface area (Å²) >= 11 is 3.38. The Bertz CT molecular complexity index is 1310. The summed E-state index contributed by atoms with van der Waals surface area (Å²) in [5, 5.41) is 9.43. The Morgan fingerprint density at radius 3 is 2.45 bits per heavy atom. The summed E-state index contributed by atoms with van der Waals surface area (Å²) in [7, 11) is 0. The molecule has 2 N–H and O–H groups in total. The van der Waals surface area contributed by atoms with Crippen molar-refractivity contribution in [2.45, 2.75) is 72.8 Å². The minimum Gasteiger partial charge on any atom is -0.352 e. The van der Waals surface area contributed by atoms with Crippen molar-refractivity contribution in [3.05, 3.63) is 81.1 Å². The molecule has 1 atom stereocenters. The molecular weight excluding hydrogens is 594 g/mol. The van der Waals surface area contributed by atoms with E-state index in [9.17, 15) is 14.0 Å². The van der Waals surface area contributed by atoms with Gasteiger partial charge in [0.25, 0.3) is 11.8 Å². The molecule has 2 aliphatic rings. The first kappa shape index (κ1) is 35.5. The molecule has 2 saturated heterocycles. The number of anilines is 1. The third-order valence-electron chi connectivity index (χ3n) is 7.13. The van der Waals surface area contributed by atoms with Crippen molar-refractivity contribution in [3.8, 4) is 0 Å². The van der Waals surface area contributed by atoms with Crippen LogP contribution in [0.25, 0.3) is 0 Å². The predicted molar refractivity (Wildman–Crippen MR) is 183 cm³/mol. The number of rotatable bonds is 10. The number of amides is 2. The zero-order chi connectivity index (χ0) is 31.9. The minimum atomic E-state index is -0.162. The maximum Gasteiger partial charge on any atom is 0.254 e. The SMILES string of the molecule is CC.CCCNCCCNC(=O)c1cc(C(=O)N2CCCC2c2nc(C)cs2)cc(N2CCCS2)c1.Cc1cccc(F)c1. The van der Waals surface area contributed by atoms with Gasteiger partial charge in [-0.1, -0.05) is 32.9 Å². The fraction of sp³-hybridized carbons (Fsp3) is 0.500. The van der Waals surface area contributed by atoms with Gasteiger partial charge in [-0.2, -0.15) is 0 Å². The highest BCUT2D eigenvalue weighted by Gasteiger charge is 2.33. The van der Waals surface area contributed by atoms with E-state index in [1.54, 1.807) is 35.4 Å². The van der Waals surface area contributed by atoms with E-state index in [0.29, 0.717) is 17.7 Å². The quantitative estimate of drug-likeness (QED) is 0.176. The van der Waals surface area contributed by atoms with E-state index in [2.05, 4.69) is 26.8 Å². The number of likely N-dealkylation sites (tertiary alicyclic amines) is 1. The Kier molecular flexibility index (Phi) is 15.2. The lowest BCUT2D eigenvalue weighted by Gasteiger charge is -2.25. The number of nitrogens with zero attached hydrogens (tertiary/aromatic N) is 3. The Labute approximate surface area is 271 Å². The fourth-order valence-corrected chi connectivity index (χ4v) is 6.98. The fourth-order valence-electron chi connectivity index (χ4n) is 5.04. The maximum atomic E-state index is 13.7. The highest BCUT2D eigenvalue weighted by Crippen LogP contribution is 2.36. The smallest absolute Gasteiger partial charge is 0.254 e. The van der Waals surface area contributed by atoms with Crippen LogP contribution in [0.2, 0.25) is 0 Å². The molecule has 2 amide bonds. The van der Waals surface area contributed by atoms with Gasteiger partial charge in [-0.15, -0.1) is 11.3 Å². The number of nitrogens with one attached hydrogen (secondary N) is 2. The summed E-state index contributed by atoms with van der Waals surface area (Å²) in [6.45, 7) is 14.1. The van der Waals surface area contributed by atoms with E-state index in [1.165, 1.54) is 12.1 Å². The molecule has 3 heterocycles. The third kappa shape index (κ3) is 10.6. The van der Waals surface area contributed by atoms with Gasteiger partial charge in [-0.25, -0.2) is 9.37 Å². The van der Waals surface area contributed by atoms with Gasteiger partial charge >= 0.3 is 0 Å². The van der Waals surface area contributed by atoms with Crippen molar-refractivity contribution in [2.75, 3.05) is 42.8 Å². The first-order valence-corrected chi connectivity index (χ1v) is 17.7. The first-order valence-electron chi connectivity index (χ1n) is 15.9. The van der Waals surface area contributed by atoms with Crippen molar-refractivity contribution in [1.29, 1.82) is 0 Å². The van der Waals surface area contributed by atoms with E-state index < -0.39 is 0 Å². The van der Waals surface area contributed by atoms with Gasteiger partial charge in [0.15, 0.2) is 0 Å². The van der Waals surface area contributed by atoms with Crippen LogP contribution in [-0.2, 0) is 0 Å². The lowest BCUT2D eigenvalue weighted by atomic mass is 10.1. The molecule has 0 aliphatic carbocycles. The molecule has 0 radical (unpaired) electrons. The van der Waals surface area contributed by atoms with Crippen LogP contribution in [0.3, 0.4) is 0 Å². The van der Waals surface area contributed by atoms with Gasteiger partial charge in [0.2, 0.25) is 0 Å². The molecule has 240 valence electrons. The summed E-state index contributed by atoms with van der Waals surface area (Å²) in [5.41, 5.74) is 4.03. The molecule has 2 aliphatic heterocycles. The van der Waals surface area contributed by atoms with Crippen LogP contribution < -0.4 is 14.9 Å². The van der Waals surface area contributed by atoms with Gasteiger partial charge in [-0.3, -0.25) is 9.59 Å². The van der Waals surface area contributed by atoms with Crippen molar-refractivity contribution >= 4 is 40.8 Å². The zero-order valence-electron chi connectivity index (χ0n) is 26.8. The Balaban J connectivity index is 0.000000454. The van der Waals surface area contributed by atoms with E-state index in [1.807, 2.05) is 56.2 Å². The molecule has 1 aromatic heterocycles. The highest BCUT2D eigenvalue weighted by atomic mass is 32.2. The lowest BCUT2D eigenvalue weighted by Crippen LogP contribution is -2.31. The van der Waals surface area contributed by atoms with Crippen molar-refractivity contribution in [3.63, 3.8) is 0 Å². The molecule has 3 aromatic rings. The standard InChI is InChI=1S/C25H35N5O2S2.C7H7F.C2H6/c1-3-8-26-9-5-10-27-23(31)19-14-20(16-21(15-19)30-12-6-13-34-30)25(32)29-11-4-7-22(29)24-28-18(2)17-33-24;1-6-3-2-4-7(8)5-6;1-2/h14-17,22,26H,3-13H2,1-2H3,(H,27,31);2-5H,1H3;1-2H3. The molecule has 2 fully saturated rings. The van der Waals surface area contributed by atoms with E-state index in [-0.39, 0.29) is 23.7 Å². The van der Waals surface area contributed by atoms with E-state index >= 15 is 0 Å². The van der Waals surface area contributed by atoms with Crippen LogP contribution in [-0.4, -0.2) is 60.2 Å². The second-order valence-electron chi connectivity index (χ2n) is 10.7. The number of carbonyl (C=O) groups excluding carboxylic acids is 2. The lowest BCUT2D eigenvalue weighted by molar-refractivity contribution is 0.0735. The molecule has 0 saturated carbocycles. The molecular formula is C34H48FN5O2S2. The van der Waals surface area contributed by atoms with Gasteiger partial charge in [-0.05, 0) is 107 Å². The number of carbonyl (C=O) groups is 2. The monoisotopic (exact) mass is 641 g/mol. The van der Waals surface area contributed by atoms with Crippen LogP contribution >= 0.6 is 23.3 Å². The average Bonchev–Trinajstić information content (AvgIpc) is 3.82. The average molecular weight is 642 g/mol. The highest BCUT2D eigenvalue weighted by molar-refractivity contribution is 8.00. The maximum absolute atomic E-state index is 13.7. The van der Waals surface area contributed by atoms with Crippen LogP contribution in [0.4, 0.5) is 10.1 Å². The summed E-state index contributed by atoms with van der Waals surface area (Å²) < 4.78 is 14.4. The topological polar surface area (TPSA) is 77.6 Å². The summed E-state index contributed by atoms with van der Waals surface area (Å²) in [6, 6.07) is 12.2. The molecule has 7 nitrogen and oxygen atoms in total. The molecule has 2 aromatic carbocycles. The second-order valence-corrected chi connectivity index (χ2v) is 12.7. The summed E-state index contributed by atoms with van der Waals surface area (Å²) in [5.74, 6) is 0.760. The van der Waals surface area contributed by atoms with Gasteiger partial charge in [0.1, 0.15) is 10.8 Å². The number of aryl methyl sites for hydroxylation is 2. The van der Waals surface area contributed by atoms with Gasteiger partial charge < -0.3 is 19.8 Å². The van der Waals surface area contributed by atoms with Crippen molar-refractivity contribution in [1.82, 2.24) is 20.5 Å². The predicted octanol–water partition coefficient (Wildman–Crippen LogP) is 7.57. The van der Waals surface area contributed by atoms with E-state index in [0.717, 1.165) is 86.0 Å². The van der Waals surface area contributed by atoms with Crippen LogP contribution in [0, 0.1) is 19.7 Å². The largest absolute Gasteiger partial charge is 0.352 e. The van der Waals surface area contributed by atoms with Crippen molar-refractivity contribution in [2.24, 2.45) is 0 Å². The Morgan fingerprint density at radius 1 is 1.02 bits per heavy atom. The number of aromatic nitrogens is 1. The van der Waals surface area contributed by atoms with Crippen LogP contribution in [0.5, 0.6) is 0 Å². The molecule has 0 bridgehead atoms. The molecule has 5 rings (SSSR count). The van der Waals surface area contributed by atoms with Crippen LogP contribution in [0.1, 0.15) is 95.9 Å². The summed E-state index contributed by atoms with van der Waals surface area (Å²) in [6.07, 6.45) is 4.98. The first-order chi connectivity index (χ1) is 21.4. The van der Waals surface area contributed by atoms with Gasteiger partial charge in [0.05, 0.1) is 6.04 Å². The number of hydrogen-bond donors (Lipinski definition) is 2. The number of thiazole rings is 1. The number of halogens is 1. The molecule has 44 heavy (non-hydrogen) atoms. The summed E-state index contributed by atoms with van der Waals surface area (Å²) in [4.78, 5) is 33.3. The second kappa shape index (κ2) is 18.8. The Morgan fingerprint density at radius 2 is 1.82 bits per heavy atom. The van der Waals surface area contributed by atoms with E-state index in [4.69, 9.17) is 0 Å². The normalized spacial score (nSPS) is 15.7. The van der Waals surface area contributed by atoms with Gasteiger partial charge in [0, 0.05) is 53.3 Å². The minimum absolute atomic E-state index is 0.0146. The zero-order valence-corrected chi connectivity index (χ0v) is 28.5. The van der Waals surface area contributed by atoms with Crippen molar-refractivity contribution < 1.29 is 14.0 Å². The number of benzene rings is 2. The molecule has 1 unspecified atom stereocenters. The molecule has 0 spiro atoms. The number of hydrogen-bond acceptors (Lipinski definition) is 7. The molecule has 10 heteroatoms. The third-order valence-corrected chi connectivity index (χ3v) is 9.37. The van der Waals surface area contributed by atoms with Crippen LogP contribution in [0.15, 0.2) is 47.8 Å².